The Morgan fingerprint density at radius 2 is 2.25 bits per heavy atom. The Labute approximate surface area is 213 Å². The summed E-state index contributed by atoms with van der Waals surface area (Å²) in [6, 6.07) is 6.89. The number of unbranched alkanes of at least 4 members (excludes halogenated alkanes) is 1. The minimum atomic E-state index is -0.458. The van der Waals surface area contributed by atoms with Crippen molar-refractivity contribution in [1.82, 2.24) is 9.88 Å². The number of pyridine rings is 1. The van der Waals surface area contributed by atoms with E-state index in [4.69, 9.17) is 14.5 Å². The summed E-state index contributed by atoms with van der Waals surface area (Å²) in [5.41, 5.74) is 4.20. The van der Waals surface area contributed by atoms with Crippen LogP contribution in [0.25, 0.3) is 0 Å². The van der Waals surface area contributed by atoms with Gasteiger partial charge in [-0.25, -0.2) is 9.37 Å². The zero-order valence-electron chi connectivity index (χ0n) is 21.3. The van der Waals surface area contributed by atoms with E-state index in [9.17, 15) is 9.50 Å². The summed E-state index contributed by atoms with van der Waals surface area (Å²) in [5.74, 6) is 1.68. The topological polar surface area (TPSA) is 66.9 Å². The molecule has 7 heteroatoms. The van der Waals surface area contributed by atoms with Gasteiger partial charge in [0.15, 0.2) is 0 Å². The van der Waals surface area contributed by atoms with Gasteiger partial charge in [-0.15, -0.1) is 0 Å². The van der Waals surface area contributed by atoms with Crippen molar-refractivity contribution >= 4 is 5.82 Å². The molecule has 0 bridgehead atoms. The number of aromatic nitrogens is 1. The molecule has 2 N–H and O–H groups in total. The van der Waals surface area contributed by atoms with E-state index in [-0.39, 0.29) is 17.7 Å². The van der Waals surface area contributed by atoms with Crippen molar-refractivity contribution in [2.24, 2.45) is 5.92 Å². The first-order valence-electron chi connectivity index (χ1n) is 13.4. The number of benzene rings is 1. The highest BCUT2D eigenvalue weighted by atomic mass is 19.1. The molecule has 0 radical (unpaired) electrons. The third-order valence-corrected chi connectivity index (χ3v) is 7.57. The molecule has 2 aromatic rings. The van der Waals surface area contributed by atoms with Crippen LogP contribution in [-0.2, 0) is 24.0 Å². The average Bonchev–Trinajstić information content (AvgIpc) is 3.32. The third-order valence-electron chi connectivity index (χ3n) is 7.57. The number of hydrogen-bond donors (Lipinski definition) is 2. The van der Waals surface area contributed by atoms with Gasteiger partial charge in [-0.05, 0) is 79.7 Å². The summed E-state index contributed by atoms with van der Waals surface area (Å²) >= 11 is 0. The average molecular weight is 496 g/mol. The molecule has 36 heavy (non-hydrogen) atoms. The van der Waals surface area contributed by atoms with Crippen LogP contribution in [0.3, 0.4) is 0 Å². The molecule has 0 unspecified atom stereocenters. The van der Waals surface area contributed by atoms with Crippen LogP contribution in [0, 0.1) is 11.7 Å². The van der Waals surface area contributed by atoms with Crippen molar-refractivity contribution in [2.45, 2.75) is 64.0 Å². The maximum atomic E-state index is 14.4. The second-order valence-electron chi connectivity index (χ2n) is 10.6. The fraction of sp³-hybridized carbons (Fsp3) is 0.552. The number of rotatable bonds is 9. The molecule has 0 spiro atoms. The molecule has 0 saturated carbocycles. The van der Waals surface area contributed by atoms with E-state index in [1.807, 2.05) is 0 Å². The highest BCUT2D eigenvalue weighted by molar-refractivity contribution is 5.47. The lowest BCUT2D eigenvalue weighted by atomic mass is 9.89. The quantitative estimate of drug-likeness (QED) is 0.360. The Kier molecular flexibility index (Phi) is 7.77. The fourth-order valence-corrected chi connectivity index (χ4v) is 5.74. The van der Waals surface area contributed by atoms with E-state index in [0.29, 0.717) is 31.4 Å². The van der Waals surface area contributed by atoms with Gasteiger partial charge in [0, 0.05) is 38.0 Å². The third kappa shape index (κ3) is 5.68. The maximum absolute atomic E-state index is 14.4. The fourth-order valence-electron chi connectivity index (χ4n) is 5.74. The van der Waals surface area contributed by atoms with Crippen LogP contribution in [0.1, 0.15) is 61.0 Å². The normalized spacial score (nSPS) is 22.3. The smallest absolute Gasteiger partial charge is 0.129 e. The van der Waals surface area contributed by atoms with Crippen molar-refractivity contribution < 1.29 is 19.0 Å². The Bertz CT molecular complexity index is 1090. The Hall–Kier alpha value is -2.64. The molecule has 1 aromatic carbocycles. The van der Waals surface area contributed by atoms with Gasteiger partial charge in [-0.1, -0.05) is 19.6 Å². The predicted molar refractivity (Wildman–Crippen MR) is 139 cm³/mol. The number of ether oxygens (including phenoxy) is 2. The van der Waals surface area contributed by atoms with Crippen molar-refractivity contribution in [3.05, 3.63) is 64.8 Å². The lowest BCUT2D eigenvalue weighted by molar-refractivity contribution is 0.0523. The summed E-state index contributed by atoms with van der Waals surface area (Å²) in [4.78, 5) is 6.94. The van der Waals surface area contributed by atoms with E-state index >= 15 is 0 Å². The number of aryl methyl sites for hydroxylation is 2. The van der Waals surface area contributed by atoms with Gasteiger partial charge in [0.1, 0.15) is 23.1 Å². The first-order chi connectivity index (χ1) is 17.5. The molecule has 3 aliphatic rings. The van der Waals surface area contributed by atoms with Crippen LogP contribution >= 0.6 is 0 Å². The number of halogens is 1. The zero-order chi connectivity index (χ0) is 25.1. The van der Waals surface area contributed by atoms with Crippen molar-refractivity contribution in [2.75, 3.05) is 38.2 Å². The molecule has 6 nitrogen and oxygen atoms in total. The standard InChI is InChI=1S/C29H38FN3O3/c1-19-14-25-26(15-22(30)16-27(25)36-18-19)28(20(2)34)33-12-10-24(17-33)35-13-4-3-7-23-9-8-21-6-5-11-31-29(21)32-23/h8-9,15-16,19,24,28,34H,2-7,10-14,17-18H2,1H3,(H,31,32)/t19-,24-,28-/m1/s1. The van der Waals surface area contributed by atoms with E-state index in [2.05, 4.69) is 35.9 Å². The highest BCUT2D eigenvalue weighted by Crippen LogP contribution is 2.39. The Morgan fingerprint density at radius 1 is 1.36 bits per heavy atom. The van der Waals surface area contributed by atoms with Crippen LogP contribution < -0.4 is 10.1 Å². The number of anilines is 1. The van der Waals surface area contributed by atoms with E-state index in [1.54, 1.807) is 0 Å². The van der Waals surface area contributed by atoms with Gasteiger partial charge < -0.3 is 19.9 Å². The summed E-state index contributed by atoms with van der Waals surface area (Å²) in [7, 11) is 0. The monoisotopic (exact) mass is 495 g/mol. The second-order valence-corrected chi connectivity index (χ2v) is 10.6. The molecule has 3 aliphatic heterocycles. The van der Waals surface area contributed by atoms with E-state index in [1.165, 1.54) is 24.1 Å². The summed E-state index contributed by atoms with van der Waals surface area (Å²) < 4.78 is 26.4. The molecular formula is C29H38FN3O3. The summed E-state index contributed by atoms with van der Waals surface area (Å²) in [6.07, 6.45) is 7.03. The van der Waals surface area contributed by atoms with Crippen molar-refractivity contribution in [1.29, 1.82) is 0 Å². The van der Waals surface area contributed by atoms with Gasteiger partial charge in [-0.2, -0.15) is 0 Å². The number of fused-ring (bicyclic) bond motifs is 2. The molecule has 3 atom stereocenters. The lowest BCUT2D eigenvalue weighted by Crippen LogP contribution is -2.31. The minimum absolute atomic E-state index is 0.0358. The molecule has 194 valence electrons. The number of aliphatic hydroxyl groups excluding tert-OH is 1. The van der Waals surface area contributed by atoms with Gasteiger partial charge in [-0.3, -0.25) is 4.90 Å². The van der Waals surface area contributed by atoms with Crippen molar-refractivity contribution in [3.8, 4) is 5.75 Å². The number of likely N-dealkylation sites (tertiary alicyclic amines) is 1. The van der Waals surface area contributed by atoms with Crippen LogP contribution in [-0.4, -0.2) is 53.9 Å². The molecule has 1 fully saturated rings. The number of aliphatic hydroxyl groups is 1. The minimum Gasteiger partial charge on any atom is -0.511 e. The Balaban J connectivity index is 1.13. The lowest BCUT2D eigenvalue weighted by Gasteiger charge is -2.32. The van der Waals surface area contributed by atoms with Gasteiger partial charge in [0.2, 0.25) is 0 Å². The van der Waals surface area contributed by atoms with E-state index < -0.39 is 6.04 Å². The Morgan fingerprint density at radius 3 is 3.11 bits per heavy atom. The van der Waals surface area contributed by atoms with Gasteiger partial charge in [0.25, 0.3) is 0 Å². The van der Waals surface area contributed by atoms with E-state index in [0.717, 1.165) is 74.3 Å². The predicted octanol–water partition coefficient (Wildman–Crippen LogP) is 5.38. The van der Waals surface area contributed by atoms with Crippen LogP contribution in [0.15, 0.2) is 36.6 Å². The van der Waals surface area contributed by atoms with Crippen LogP contribution in [0.4, 0.5) is 10.2 Å². The molecule has 1 aromatic heterocycles. The molecular weight excluding hydrogens is 457 g/mol. The zero-order valence-corrected chi connectivity index (χ0v) is 21.3. The summed E-state index contributed by atoms with van der Waals surface area (Å²) in [5, 5.41) is 14.0. The first-order valence-corrected chi connectivity index (χ1v) is 13.4. The maximum Gasteiger partial charge on any atom is 0.129 e. The first kappa shape index (κ1) is 25.0. The number of nitrogens with zero attached hydrogens (tertiary/aromatic N) is 2. The molecule has 1 saturated heterocycles. The van der Waals surface area contributed by atoms with Gasteiger partial charge >= 0.3 is 0 Å². The molecule has 0 amide bonds. The highest BCUT2D eigenvalue weighted by Gasteiger charge is 2.34. The van der Waals surface area contributed by atoms with Crippen LogP contribution in [0.5, 0.6) is 5.75 Å². The number of hydrogen-bond acceptors (Lipinski definition) is 6. The summed E-state index contributed by atoms with van der Waals surface area (Å²) in [6.45, 7) is 9.71. The number of nitrogens with one attached hydrogen (secondary N) is 1. The van der Waals surface area contributed by atoms with Crippen LogP contribution in [0.2, 0.25) is 0 Å². The molecule has 4 heterocycles. The molecule has 5 rings (SSSR count). The van der Waals surface area contributed by atoms with Crippen molar-refractivity contribution in [3.63, 3.8) is 0 Å². The largest absolute Gasteiger partial charge is 0.511 e. The SMILES string of the molecule is C=C(O)[C@H](c1cc(F)cc2c1C[C@@H](C)CO2)N1CC[C@@H](OCCCCc2ccc3c(n2)NCCC3)C1. The molecule has 0 aliphatic carbocycles. The second kappa shape index (κ2) is 11.2. The van der Waals surface area contributed by atoms with Gasteiger partial charge in [0.05, 0.1) is 18.8 Å².